The normalized spacial score (nSPS) is 16.6. The van der Waals surface area contributed by atoms with E-state index in [0.29, 0.717) is 18.4 Å². The zero-order valence-electron chi connectivity index (χ0n) is 17.6. The zero-order valence-corrected chi connectivity index (χ0v) is 18.4. The molecule has 11 heteroatoms. The molecule has 1 amide bonds. The second-order valence-electron chi connectivity index (χ2n) is 8.40. The number of halogens is 5. The summed E-state index contributed by atoms with van der Waals surface area (Å²) in [6.45, 7) is -0.220. The molecule has 2 saturated carbocycles. The van der Waals surface area contributed by atoms with Crippen LogP contribution >= 0.6 is 11.6 Å². The Bertz CT molecular complexity index is 1120. The van der Waals surface area contributed by atoms with Crippen LogP contribution in [0.2, 0.25) is 5.02 Å². The Kier molecular flexibility index (Phi) is 6.62. The fourth-order valence-corrected chi connectivity index (χ4v) is 3.92. The van der Waals surface area contributed by atoms with Gasteiger partial charge in [0.05, 0.1) is 5.56 Å². The summed E-state index contributed by atoms with van der Waals surface area (Å²) in [6.07, 6.45) is -1.94. The number of hydrogen-bond acceptors (Lipinski definition) is 4. The average molecular weight is 502 g/mol. The predicted octanol–water partition coefficient (Wildman–Crippen LogP) is 5.43. The third-order valence-electron chi connectivity index (χ3n) is 5.57. The van der Waals surface area contributed by atoms with E-state index < -0.39 is 35.8 Å². The molecule has 0 heterocycles. The Labute approximate surface area is 196 Å². The summed E-state index contributed by atoms with van der Waals surface area (Å²) in [5.74, 6) is -3.40. The molecular formula is C23H20ClF4NO5. The van der Waals surface area contributed by atoms with Crippen LogP contribution in [0.1, 0.15) is 53.1 Å². The molecule has 1 unspecified atom stereocenters. The van der Waals surface area contributed by atoms with Crippen molar-refractivity contribution >= 4 is 23.5 Å². The van der Waals surface area contributed by atoms with E-state index >= 15 is 0 Å². The lowest BCUT2D eigenvalue weighted by atomic mass is 10.0. The fourth-order valence-electron chi connectivity index (χ4n) is 3.67. The van der Waals surface area contributed by atoms with Gasteiger partial charge in [0.2, 0.25) is 0 Å². The van der Waals surface area contributed by atoms with Crippen molar-refractivity contribution in [3.8, 4) is 11.5 Å². The van der Waals surface area contributed by atoms with Crippen molar-refractivity contribution < 1.29 is 41.7 Å². The Morgan fingerprint density at radius 3 is 2.41 bits per heavy atom. The number of ether oxygens (including phenoxy) is 2. The molecule has 0 spiro atoms. The maximum atomic E-state index is 14.8. The molecule has 6 nitrogen and oxygen atoms in total. The second-order valence-corrected chi connectivity index (χ2v) is 8.84. The SMILES string of the molecule is O=C(NC(C(=O)O)C1CC1)c1cc(C2CC2)c(OCc2cc(Cl)cc(OC(F)(F)F)c2)cc1F. The van der Waals surface area contributed by atoms with E-state index in [4.69, 9.17) is 16.3 Å². The molecule has 2 aliphatic rings. The van der Waals surface area contributed by atoms with Gasteiger partial charge in [0, 0.05) is 11.1 Å². The van der Waals surface area contributed by atoms with Gasteiger partial charge in [-0.05, 0) is 72.9 Å². The van der Waals surface area contributed by atoms with Crippen LogP contribution in [-0.2, 0) is 11.4 Å². The lowest BCUT2D eigenvalue weighted by Gasteiger charge is -2.17. The molecule has 34 heavy (non-hydrogen) atoms. The van der Waals surface area contributed by atoms with Crippen LogP contribution in [0.5, 0.6) is 11.5 Å². The molecule has 4 rings (SSSR count). The maximum absolute atomic E-state index is 14.8. The van der Waals surface area contributed by atoms with Gasteiger partial charge in [-0.15, -0.1) is 13.2 Å². The number of rotatable bonds is 9. The van der Waals surface area contributed by atoms with Crippen LogP contribution in [-0.4, -0.2) is 29.4 Å². The van der Waals surface area contributed by atoms with Crippen LogP contribution in [0, 0.1) is 11.7 Å². The van der Waals surface area contributed by atoms with Crippen molar-refractivity contribution in [2.24, 2.45) is 5.92 Å². The monoisotopic (exact) mass is 501 g/mol. The fraction of sp³-hybridized carbons (Fsp3) is 0.391. The van der Waals surface area contributed by atoms with Gasteiger partial charge in [0.1, 0.15) is 30.0 Å². The Morgan fingerprint density at radius 1 is 1.12 bits per heavy atom. The van der Waals surface area contributed by atoms with Crippen LogP contribution in [0.25, 0.3) is 0 Å². The Hall–Kier alpha value is -3.01. The lowest BCUT2D eigenvalue weighted by Crippen LogP contribution is -2.42. The van der Waals surface area contributed by atoms with Crippen molar-refractivity contribution in [3.05, 3.63) is 57.9 Å². The molecule has 2 fully saturated rings. The summed E-state index contributed by atoms with van der Waals surface area (Å²) in [4.78, 5) is 24.0. The van der Waals surface area contributed by atoms with E-state index in [2.05, 4.69) is 10.1 Å². The molecule has 0 radical (unpaired) electrons. The van der Waals surface area contributed by atoms with E-state index in [1.54, 1.807) is 0 Å². The van der Waals surface area contributed by atoms with Crippen LogP contribution < -0.4 is 14.8 Å². The summed E-state index contributed by atoms with van der Waals surface area (Å²) >= 11 is 5.87. The van der Waals surface area contributed by atoms with Crippen molar-refractivity contribution in [1.82, 2.24) is 5.32 Å². The number of aliphatic carboxylic acids is 1. The predicted molar refractivity (Wildman–Crippen MR) is 112 cm³/mol. The number of carboxylic acid groups (broad SMARTS) is 1. The summed E-state index contributed by atoms with van der Waals surface area (Å²) in [5, 5.41) is 11.7. The van der Waals surface area contributed by atoms with E-state index in [-0.39, 0.29) is 40.3 Å². The molecule has 0 aromatic heterocycles. The summed E-state index contributed by atoms with van der Waals surface area (Å²) in [7, 11) is 0. The van der Waals surface area contributed by atoms with Gasteiger partial charge in [-0.25, -0.2) is 9.18 Å². The molecule has 1 atom stereocenters. The minimum Gasteiger partial charge on any atom is -0.489 e. The quantitative estimate of drug-likeness (QED) is 0.448. The number of benzene rings is 2. The van der Waals surface area contributed by atoms with E-state index in [0.717, 1.165) is 31.0 Å². The van der Waals surface area contributed by atoms with Crippen LogP contribution in [0.15, 0.2) is 30.3 Å². The third kappa shape index (κ3) is 6.11. The van der Waals surface area contributed by atoms with Crippen molar-refractivity contribution in [2.75, 3.05) is 0 Å². The van der Waals surface area contributed by atoms with E-state index in [1.165, 1.54) is 12.1 Å². The highest BCUT2D eigenvalue weighted by atomic mass is 35.5. The Balaban J connectivity index is 1.52. The standard InChI is InChI=1S/C23H20ClF4NO5/c24-14-5-11(6-15(7-14)34-23(26,27)28)10-33-19-9-18(25)17(8-16(19)12-1-2-12)21(30)29-20(22(31)32)13-3-4-13/h5-9,12-13,20H,1-4,10H2,(H,29,30)(H,31,32). The first-order valence-electron chi connectivity index (χ1n) is 10.6. The van der Waals surface area contributed by atoms with E-state index in [1.807, 2.05) is 0 Å². The van der Waals surface area contributed by atoms with Crippen molar-refractivity contribution in [1.29, 1.82) is 0 Å². The number of amides is 1. The summed E-state index contributed by atoms with van der Waals surface area (Å²) in [6, 6.07) is 4.81. The van der Waals surface area contributed by atoms with Gasteiger partial charge < -0.3 is 19.9 Å². The van der Waals surface area contributed by atoms with Gasteiger partial charge >= 0.3 is 12.3 Å². The van der Waals surface area contributed by atoms with Gasteiger partial charge in [-0.1, -0.05) is 11.6 Å². The minimum atomic E-state index is -4.89. The smallest absolute Gasteiger partial charge is 0.489 e. The van der Waals surface area contributed by atoms with Crippen molar-refractivity contribution in [2.45, 2.75) is 50.6 Å². The first-order valence-corrected chi connectivity index (χ1v) is 10.9. The second kappa shape index (κ2) is 9.32. The number of carboxylic acids is 1. The molecular weight excluding hydrogens is 482 g/mol. The topological polar surface area (TPSA) is 84.9 Å². The lowest BCUT2D eigenvalue weighted by molar-refractivity contribution is -0.274. The van der Waals surface area contributed by atoms with Crippen molar-refractivity contribution in [3.63, 3.8) is 0 Å². The number of carbonyl (C=O) groups is 2. The highest BCUT2D eigenvalue weighted by molar-refractivity contribution is 6.30. The van der Waals surface area contributed by atoms with Gasteiger partial charge in [-0.3, -0.25) is 4.79 Å². The largest absolute Gasteiger partial charge is 0.573 e. The van der Waals surface area contributed by atoms with Crippen LogP contribution in [0.4, 0.5) is 17.6 Å². The molecule has 2 aliphatic carbocycles. The number of hydrogen-bond donors (Lipinski definition) is 2. The first kappa shape index (κ1) is 24.1. The van der Waals surface area contributed by atoms with Gasteiger partial charge in [0.15, 0.2) is 0 Å². The number of carbonyl (C=O) groups excluding carboxylic acids is 1. The number of nitrogens with one attached hydrogen (secondary N) is 1. The average Bonchev–Trinajstić information content (AvgIpc) is 3.61. The number of alkyl halides is 3. The molecule has 2 aromatic carbocycles. The summed E-state index contributed by atoms with van der Waals surface area (Å²) < 4.78 is 62.0. The van der Waals surface area contributed by atoms with Gasteiger partial charge in [-0.2, -0.15) is 0 Å². The molecule has 2 N–H and O–H groups in total. The van der Waals surface area contributed by atoms with Gasteiger partial charge in [0.25, 0.3) is 5.91 Å². The maximum Gasteiger partial charge on any atom is 0.573 e. The first-order chi connectivity index (χ1) is 16.0. The highest BCUT2D eigenvalue weighted by Crippen LogP contribution is 2.45. The molecule has 0 aliphatic heterocycles. The minimum absolute atomic E-state index is 0.00427. The Morgan fingerprint density at radius 2 is 1.82 bits per heavy atom. The zero-order chi connectivity index (χ0) is 24.6. The highest BCUT2D eigenvalue weighted by Gasteiger charge is 2.38. The summed E-state index contributed by atoms with van der Waals surface area (Å²) in [5.41, 5.74) is 0.549. The third-order valence-corrected chi connectivity index (χ3v) is 5.78. The molecule has 182 valence electrons. The van der Waals surface area contributed by atoms with E-state index in [9.17, 15) is 32.3 Å². The molecule has 2 aromatic rings. The molecule has 0 saturated heterocycles. The van der Waals surface area contributed by atoms with Crippen LogP contribution in [0.3, 0.4) is 0 Å². The molecule has 0 bridgehead atoms.